The van der Waals surface area contributed by atoms with Gasteiger partial charge in [0.25, 0.3) is 0 Å². The Labute approximate surface area is 158 Å². The van der Waals surface area contributed by atoms with Gasteiger partial charge >= 0.3 is 0 Å². The van der Waals surface area contributed by atoms with Crippen LogP contribution in [0.2, 0.25) is 37.8 Å². The average Bonchev–Trinajstić information content (AvgIpc) is 2.40. The Kier molecular flexibility index (Phi) is 9.02. The molecule has 0 saturated carbocycles. The molecule has 0 rings (SSSR count). The van der Waals surface area contributed by atoms with Crippen LogP contribution in [0.1, 0.15) is 41.5 Å². The Morgan fingerprint density at radius 3 is 1.92 bits per heavy atom. The molecule has 0 aromatic rings. The summed E-state index contributed by atoms with van der Waals surface area (Å²) in [5, 5.41) is 0.185. The van der Waals surface area contributed by atoms with Crippen molar-refractivity contribution in [3.63, 3.8) is 0 Å². The third-order valence-electron chi connectivity index (χ3n) is 4.71. The van der Waals surface area contributed by atoms with Crippen LogP contribution in [-0.4, -0.2) is 28.8 Å². The fraction of sp³-hybridized carbons (Fsp3) is 0.667. The highest BCUT2D eigenvalue weighted by Crippen LogP contribution is 2.38. The van der Waals surface area contributed by atoms with E-state index in [0.717, 1.165) is 17.4 Å². The van der Waals surface area contributed by atoms with Gasteiger partial charge in [-0.05, 0) is 37.6 Å². The fourth-order valence-electron chi connectivity index (χ4n) is 2.17. The van der Waals surface area contributed by atoms with E-state index >= 15 is 0 Å². The molecule has 0 saturated heterocycles. The fourth-order valence-corrected chi connectivity index (χ4v) is 4.27. The highest BCUT2D eigenvalue weighted by Gasteiger charge is 2.39. The van der Waals surface area contributed by atoms with Gasteiger partial charge in [-0.1, -0.05) is 76.8 Å². The topological polar surface area (TPSA) is 26.3 Å². The maximum absolute atomic E-state index is 10.8. The van der Waals surface area contributed by atoms with Crippen LogP contribution < -0.4 is 0 Å². The largest absolute Gasteiger partial charge is 0.410 e. The van der Waals surface area contributed by atoms with E-state index in [0.29, 0.717) is 0 Å². The van der Waals surface area contributed by atoms with Crippen molar-refractivity contribution in [1.29, 1.82) is 0 Å². The summed E-state index contributed by atoms with van der Waals surface area (Å²) in [4.78, 5) is 10.8. The molecule has 0 aromatic heterocycles. The Morgan fingerprint density at radius 2 is 1.52 bits per heavy atom. The Bertz CT molecular complexity index is 529. The van der Waals surface area contributed by atoms with Crippen LogP contribution in [-0.2, 0) is 9.22 Å². The molecule has 0 unspecified atom stereocenters. The number of aldehydes is 1. The highest BCUT2D eigenvalue weighted by atomic mass is 28.4. The Hall–Kier alpha value is -0.716. The molecular formula is C21H40O2Si2. The van der Waals surface area contributed by atoms with E-state index in [1.54, 1.807) is 0 Å². The number of hydrogen-bond donors (Lipinski definition) is 0. The molecule has 0 aromatic carbocycles. The molecule has 0 N–H and O–H groups in total. The molecule has 0 aliphatic rings. The van der Waals surface area contributed by atoms with Gasteiger partial charge in [-0.15, -0.1) is 0 Å². The Balaban J connectivity index is 5.63. The summed E-state index contributed by atoms with van der Waals surface area (Å²) < 4.78 is 6.73. The first-order valence-electron chi connectivity index (χ1n) is 9.28. The van der Waals surface area contributed by atoms with E-state index in [4.69, 9.17) is 4.43 Å². The third kappa shape index (κ3) is 9.52. The van der Waals surface area contributed by atoms with Crippen molar-refractivity contribution in [1.82, 2.24) is 0 Å². The van der Waals surface area contributed by atoms with Crippen molar-refractivity contribution in [2.24, 2.45) is 5.92 Å². The predicted octanol–water partition coefficient (Wildman–Crippen LogP) is 6.54. The maximum Gasteiger partial charge on any atom is 0.192 e. The highest BCUT2D eigenvalue weighted by molar-refractivity contribution is 6.81. The van der Waals surface area contributed by atoms with Crippen molar-refractivity contribution in [2.45, 2.75) is 85.4 Å². The third-order valence-corrected chi connectivity index (χ3v) is 10.4. The van der Waals surface area contributed by atoms with Gasteiger partial charge in [0, 0.05) is 5.92 Å². The first-order valence-corrected chi connectivity index (χ1v) is 15.8. The number of carbonyl (C=O) groups excluding carboxylic acids is 1. The molecule has 144 valence electrons. The lowest BCUT2D eigenvalue weighted by molar-refractivity contribution is -0.104. The van der Waals surface area contributed by atoms with E-state index in [-0.39, 0.29) is 17.1 Å². The molecule has 2 atom stereocenters. The van der Waals surface area contributed by atoms with Crippen LogP contribution in [0.5, 0.6) is 0 Å². The SMILES string of the molecule is C/C(C=O)=C\C(C)=C\[C@@H](C)[C@H](/C=C/[Si](C)(C)C)O[Si](C)(C)C(C)(C)C. The summed E-state index contributed by atoms with van der Waals surface area (Å²) in [6.07, 6.45) is 7.43. The van der Waals surface area contributed by atoms with Gasteiger partial charge in [0.15, 0.2) is 8.32 Å². The molecule has 0 heterocycles. The van der Waals surface area contributed by atoms with Gasteiger partial charge in [-0.2, -0.15) is 0 Å². The molecule has 0 bridgehead atoms. The van der Waals surface area contributed by atoms with Gasteiger partial charge < -0.3 is 4.43 Å². The molecular weight excluding hydrogens is 340 g/mol. The van der Waals surface area contributed by atoms with Crippen LogP contribution in [0.3, 0.4) is 0 Å². The van der Waals surface area contributed by atoms with Crippen molar-refractivity contribution in [3.05, 3.63) is 35.1 Å². The maximum atomic E-state index is 10.8. The van der Waals surface area contributed by atoms with Gasteiger partial charge in [0.05, 0.1) is 14.2 Å². The summed E-state index contributed by atoms with van der Waals surface area (Å²) in [6.45, 7) is 24.6. The normalized spacial score (nSPS) is 17.7. The Morgan fingerprint density at radius 1 is 1.00 bits per heavy atom. The number of hydrogen-bond acceptors (Lipinski definition) is 2. The van der Waals surface area contributed by atoms with Crippen molar-refractivity contribution in [2.75, 3.05) is 0 Å². The predicted molar refractivity (Wildman–Crippen MR) is 117 cm³/mol. The van der Waals surface area contributed by atoms with E-state index in [1.807, 2.05) is 13.0 Å². The quantitative estimate of drug-likeness (QED) is 0.207. The monoisotopic (exact) mass is 380 g/mol. The van der Waals surface area contributed by atoms with Gasteiger partial charge in [-0.3, -0.25) is 4.79 Å². The number of rotatable bonds is 8. The average molecular weight is 381 g/mol. The smallest absolute Gasteiger partial charge is 0.192 e. The summed E-state index contributed by atoms with van der Waals surface area (Å²) in [5.41, 5.74) is 4.25. The van der Waals surface area contributed by atoms with Crippen LogP contribution in [0.4, 0.5) is 0 Å². The molecule has 0 aliphatic carbocycles. The second-order valence-electron chi connectivity index (χ2n) is 9.84. The molecule has 25 heavy (non-hydrogen) atoms. The molecule has 0 amide bonds. The minimum Gasteiger partial charge on any atom is -0.410 e. The van der Waals surface area contributed by atoms with Crippen LogP contribution in [0.25, 0.3) is 0 Å². The lowest BCUT2D eigenvalue weighted by atomic mass is 10.0. The minimum atomic E-state index is -1.85. The van der Waals surface area contributed by atoms with Gasteiger partial charge in [-0.25, -0.2) is 0 Å². The zero-order valence-corrected chi connectivity index (χ0v) is 20.4. The van der Waals surface area contributed by atoms with Gasteiger partial charge in [0.2, 0.25) is 0 Å². The number of allylic oxidation sites excluding steroid dienone is 3. The van der Waals surface area contributed by atoms with E-state index in [2.05, 4.69) is 85.2 Å². The zero-order valence-electron chi connectivity index (χ0n) is 18.4. The molecule has 0 spiro atoms. The summed E-state index contributed by atoms with van der Waals surface area (Å²) >= 11 is 0. The van der Waals surface area contributed by atoms with E-state index in [9.17, 15) is 4.79 Å². The first-order chi connectivity index (χ1) is 11.1. The van der Waals surface area contributed by atoms with Crippen molar-refractivity contribution >= 4 is 22.7 Å². The van der Waals surface area contributed by atoms with Crippen molar-refractivity contribution in [3.8, 4) is 0 Å². The summed E-state index contributed by atoms with van der Waals surface area (Å²) in [6, 6.07) is 0. The van der Waals surface area contributed by atoms with Crippen LogP contribution in [0.15, 0.2) is 35.1 Å². The van der Waals surface area contributed by atoms with E-state index < -0.39 is 16.4 Å². The molecule has 0 fully saturated rings. The van der Waals surface area contributed by atoms with Gasteiger partial charge in [0.1, 0.15) is 6.29 Å². The van der Waals surface area contributed by atoms with Crippen molar-refractivity contribution < 1.29 is 9.22 Å². The first kappa shape index (κ1) is 24.3. The van der Waals surface area contributed by atoms with Crippen LogP contribution >= 0.6 is 0 Å². The molecule has 0 aliphatic heterocycles. The lowest BCUT2D eigenvalue weighted by Crippen LogP contribution is -2.45. The van der Waals surface area contributed by atoms with Crippen LogP contribution in [0, 0.1) is 5.92 Å². The minimum absolute atomic E-state index is 0.0764. The lowest BCUT2D eigenvalue weighted by Gasteiger charge is -2.40. The summed E-state index contributed by atoms with van der Waals surface area (Å²) in [5.74, 6) is 0.262. The molecule has 2 nitrogen and oxygen atoms in total. The van der Waals surface area contributed by atoms with E-state index in [1.165, 1.54) is 0 Å². The zero-order chi connectivity index (χ0) is 20.1. The molecule has 0 radical (unpaired) electrons. The summed E-state index contributed by atoms with van der Waals surface area (Å²) in [7, 11) is -3.14. The second kappa shape index (κ2) is 9.29. The number of carbonyl (C=O) groups is 1. The molecule has 4 heteroatoms. The standard InChI is InChI=1S/C21H40O2Si2/c1-17(14-18(2)16-22)15-19(3)20(12-13-24(7,8)9)23-25(10,11)21(4,5)6/h12-16,19-20H,1-11H3/b13-12+,17-15+,18-14+/t19-,20+/m1/s1. The second-order valence-corrected chi connectivity index (χ2v) is 19.7.